The SMILES string of the molecule is CC1(C)CCC(Nc2nc(C(=O)O)cs2)CC1. The second-order valence-electron chi connectivity index (χ2n) is 5.43. The number of thiazole rings is 1. The molecule has 1 heterocycles. The highest BCUT2D eigenvalue weighted by atomic mass is 32.1. The fourth-order valence-corrected chi connectivity index (χ4v) is 2.92. The minimum absolute atomic E-state index is 0.133. The molecule has 1 aromatic heterocycles. The molecule has 0 unspecified atom stereocenters. The van der Waals surface area contributed by atoms with Crippen LogP contribution in [0.1, 0.15) is 50.0 Å². The molecular formula is C12H18N2O2S. The summed E-state index contributed by atoms with van der Waals surface area (Å²) in [6.45, 7) is 4.60. The minimum atomic E-state index is -0.959. The Kier molecular flexibility index (Phi) is 3.38. The van der Waals surface area contributed by atoms with E-state index in [1.165, 1.54) is 24.2 Å². The zero-order chi connectivity index (χ0) is 12.5. The van der Waals surface area contributed by atoms with Crippen LogP contribution in [0, 0.1) is 5.41 Å². The van der Waals surface area contributed by atoms with Crippen LogP contribution in [-0.2, 0) is 0 Å². The molecule has 0 atom stereocenters. The first-order valence-corrected chi connectivity index (χ1v) is 6.80. The molecule has 1 fully saturated rings. The molecule has 0 amide bonds. The maximum Gasteiger partial charge on any atom is 0.355 e. The number of aromatic carboxylic acids is 1. The van der Waals surface area contributed by atoms with E-state index in [1.807, 2.05) is 0 Å². The summed E-state index contributed by atoms with van der Waals surface area (Å²) in [6.07, 6.45) is 4.69. The van der Waals surface area contributed by atoms with E-state index in [-0.39, 0.29) is 5.69 Å². The van der Waals surface area contributed by atoms with Crippen molar-refractivity contribution in [2.75, 3.05) is 5.32 Å². The van der Waals surface area contributed by atoms with Crippen molar-refractivity contribution in [2.45, 2.75) is 45.6 Å². The number of carboxylic acid groups (broad SMARTS) is 1. The van der Waals surface area contributed by atoms with Crippen LogP contribution in [0.25, 0.3) is 0 Å². The first-order valence-electron chi connectivity index (χ1n) is 5.92. The van der Waals surface area contributed by atoms with Gasteiger partial charge < -0.3 is 10.4 Å². The van der Waals surface area contributed by atoms with Gasteiger partial charge in [-0.15, -0.1) is 11.3 Å². The van der Waals surface area contributed by atoms with Gasteiger partial charge in [-0.3, -0.25) is 0 Å². The number of nitrogens with one attached hydrogen (secondary N) is 1. The Hall–Kier alpha value is -1.10. The van der Waals surface area contributed by atoms with Gasteiger partial charge in [0.1, 0.15) is 0 Å². The minimum Gasteiger partial charge on any atom is -0.476 e. The third-order valence-corrected chi connectivity index (χ3v) is 4.16. The van der Waals surface area contributed by atoms with Crippen molar-refractivity contribution in [2.24, 2.45) is 5.41 Å². The summed E-state index contributed by atoms with van der Waals surface area (Å²) >= 11 is 1.37. The second-order valence-corrected chi connectivity index (χ2v) is 6.28. The van der Waals surface area contributed by atoms with Crippen molar-refractivity contribution in [1.29, 1.82) is 0 Å². The molecule has 94 valence electrons. The van der Waals surface area contributed by atoms with E-state index >= 15 is 0 Å². The number of hydrogen-bond acceptors (Lipinski definition) is 4. The van der Waals surface area contributed by atoms with Crippen molar-refractivity contribution >= 4 is 22.4 Å². The van der Waals surface area contributed by atoms with Crippen LogP contribution < -0.4 is 5.32 Å². The zero-order valence-corrected chi connectivity index (χ0v) is 11.0. The quantitative estimate of drug-likeness (QED) is 0.869. The van der Waals surface area contributed by atoms with Gasteiger partial charge in [0.25, 0.3) is 0 Å². The molecule has 1 aromatic rings. The number of aromatic nitrogens is 1. The summed E-state index contributed by atoms with van der Waals surface area (Å²) in [7, 11) is 0. The Bertz CT molecular complexity index is 404. The predicted octanol–water partition coefficient (Wildman–Crippen LogP) is 3.22. The van der Waals surface area contributed by atoms with Gasteiger partial charge >= 0.3 is 5.97 Å². The molecule has 4 nitrogen and oxygen atoms in total. The average Bonchev–Trinajstić information content (AvgIpc) is 2.70. The molecule has 17 heavy (non-hydrogen) atoms. The van der Waals surface area contributed by atoms with Gasteiger partial charge in [0.15, 0.2) is 10.8 Å². The van der Waals surface area contributed by atoms with E-state index in [0.717, 1.165) is 18.0 Å². The Morgan fingerprint density at radius 3 is 2.71 bits per heavy atom. The van der Waals surface area contributed by atoms with Crippen molar-refractivity contribution in [3.05, 3.63) is 11.1 Å². The van der Waals surface area contributed by atoms with Crippen molar-refractivity contribution in [1.82, 2.24) is 4.98 Å². The van der Waals surface area contributed by atoms with E-state index in [9.17, 15) is 4.79 Å². The summed E-state index contributed by atoms with van der Waals surface area (Å²) in [5.41, 5.74) is 0.585. The largest absolute Gasteiger partial charge is 0.476 e. The number of hydrogen-bond donors (Lipinski definition) is 2. The Labute approximate surface area is 105 Å². The fraction of sp³-hybridized carbons (Fsp3) is 0.667. The highest BCUT2D eigenvalue weighted by Crippen LogP contribution is 2.36. The van der Waals surface area contributed by atoms with Crippen LogP contribution in [0.4, 0.5) is 5.13 Å². The molecule has 1 saturated carbocycles. The second kappa shape index (κ2) is 4.64. The molecule has 0 radical (unpaired) electrons. The lowest BCUT2D eigenvalue weighted by molar-refractivity contribution is 0.0691. The lowest BCUT2D eigenvalue weighted by atomic mass is 9.76. The summed E-state index contributed by atoms with van der Waals surface area (Å²) in [5.74, 6) is -0.959. The third kappa shape index (κ3) is 3.19. The molecule has 1 aliphatic rings. The molecule has 0 saturated heterocycles. The highest BCUT2D eigenvalue weighted by Gasteiger charge is 2.27. The lowest BCUT2D eigenvalue weighted by Crippen LogP contribution is -2.29. The van der Waals surface area contributed by atoms with Gasteiger partial charge in [-0.25, -0.2) is 9.78 Å². The number of carboxylic acids is 1. The molecule has 1 aliphatic carbocycles. The molecule has 0 spiro atoms. The van der Waals surface area contributed by atoms with Gasteiger partial charge in [0.2, 0.25) is 0 Å². The van der Waals surface area contributed by atoms with Crippen LogP contribution in [0.3, 0.4) is 0 Å². The van der Waals surface area contributed by atoms with Gasteiger partial charge in [-0.1, -0.05) is 13.8 Å². The average molecular weight is 254 g/mol. The van der Waals surface area contributed by atoms with Crippen molar-refractivity contribution < 1.29 is 9.90 Å². The maximum absolute atomic E-state index is 10.7. The van der Waals surface area contributed by atoms with Crippen LogP contribution >= 0.6 is 11.3 Å². The van der Waals surface area contributed by atoms with Crippen LogP contribution in [0.15, 0.2) is 5.38 Å². The van der Waals surface area contributed by atoms with Crippen molar-refractivity contribution in [3.63, 3.8) is 0 Å². The zero-order valence-electron chi connectivity index (χ0n) is 10.2. The third-order valence-electron chi connectivity index (χ3n) is 3.39. The molecule has 0 aliphatic heterocycles. The van der Waals surface area contributed by atoms with Crippen LogP contribution in [0.5, 0.6) is 0 Å². The normalized spacial score (nSPS) is 20.1. The van der Waals surface area contributed by atoms with E-state index in [4.69, 9.17) is 5.11 Å². The van der Waals surface area contributed by atoms with Gasteiger partial charge in [0, 0.05) is 11.4 Å². The van der Waals surface area contributed by atoms with E-state index < -0.39 is 5.97 Å². The number of rotatable bonds is 3. The first-order chi connectivity index (χ1) is 7.96. The molecule has 2 N–H and O–H groups in total. The summed E-state index contributed by atoms with van der Waals surface area (Å²) in [6, 6.07) is 0.441. The maximum atomic E-state index is 10.7. The Balaban J connectivity index is 1.91. The summed E-state index contributed by atoms with van der Waals surface area (Å²) < 4.78 is 0. The molecule has 0 bridgehead atoms. The summed E-state index contributed by atoms with van der Waals surface area (Å²) in [5, 5.41) is 14.4. The standard InChI is InChI=1S/C12H18N2O2S/c1-12(2)5-3-8(4-6-12)13-11-14-9(7-17-11)10(15)16/h7-8H,3-6H2,1-2H3,(H,13,14)(H,15,16). The lowest BCUT2D eigenvalue weighted by Gasteiger charge is -2.34. The van der Waals surface area contributed by atoms with Gasteiger partial charge in [-0.05, 0) is 31.1 Å². The highest BCUT2D eigenvalue weighted by molar-refractivity contribution is 7.13. The molecule has 5 heteroatoms. The Morgan fingerprint density at radius 2 is 2.18 bits per heavy atom. The number of nitrogens with zero attached hydrogens (tertiary/aromatic N) is 1. The Morgan fingerprint density at radius 1 is 1.53 bits per heavy atom. The van der Waals surface area contributed by atoms with Crippen LogP contribution in [0.2, 0.25) is 0 Å². The topological polar surface area (TPSA) is 62.2 Å². The number of anilines is 1. The molecular weight excluding hydrogens is 236 g/mol. The molecule has 0 aromatic carbocycles. The van der Waals surface area contributed by atoms with Gasteiger partial charge in [-0.2, -0.15) is 0 Å². The monoisotopic (exact) mass is 254 g/mol. The smallest absolute Gasteiger partial charge is 0.355 e. The van der Waals surface area contributed by atoms with Crippen LogP contribution in [-0.4, -0.2) is 22.1 Å². The number of carbonyl (C=O) groups is 1. The van der Waals surface area contributed by atoms with Crippen molar-refractivity contribution in [3.8, 4) is 0 Å². The summed E-state index contributed by atoms with van der Waals surface area (Å²) in [4.78, 5) is 14.8. The first kappa shape index (κ1) is 12.4. The van der Waals surface area contributed by atoms with Gasteiger partial charge in [0.05, 0.1) is 0 Å². The van der Waals surface area contributed by atoms with E-state index in [2.05, 4.69) is 24.1 Å². The predicted molar refractivity (Wildman–Crippen MR) is 68.7 cm³/mol. The van der Waals surface area contributed by atoms with E-state index in [0.29, 0.717) is 11.5 Å². The molecule has 2 rings (SSSR count). The fourth-order valence-electron chi connectivity index (χ4n) is 2.16. The van der Waals surface area contributed by atoms with E-state index in [1.54, 1.807) is 5.38 Å².